The zero-order valence-corrected chi connectivity index (χ0v) is 14.1. The van der Waals surface area contributed by atoms with Gasteiger partial charge in [0.25, 0.3) is 0 Å². The molecule has 1 aliphatic heterocycles. The van der Waals surface area contributed by atoms with Crippen molar-refractivity contribution in [3.8, 4) is 5.75 Å². The first-order valence-corrected chi connectivity index (χ1v) is 8.60. The Labute approximate surface area is 147 Å². The standard InChI is InChI=1S/C20H22N2O3/c23-19(11-6-14-25-18-9-2-1-3-10-18)21-16-7-4-8-17(15-16)22-13-5-12-20(22)24/h1-4,7-10,15H,5-6,11-14H2,(H,21,23). The van der Waals surface area contributed by atoms with E-state index in [-0.39, 0.29) is 11.8 Å². The fourth-order valence-corrected chi connectivity index (χ4v) is 2.84. The first-order chi connectivity index (χ1) is 12.2. The molecular weight excluding hydrogens is 316 g/mol. The topological polar surface area (TPSA) is 58.6 Å². The first-order valence-electron chi connectivity index (χ1n) is 8.60. The van der Waals surface area contributed by atoms with Crippen LogP contribution in [0.15, 0.2) is 54.6 Å². The van der Waals surface area contributed by atoms with Crippen LogP contribution in [0.2, 0.25) is 0 Å². The number of hydrogen-bond donors (Lipinski definition) is 1. The van der Waals surface area contributed by atoms with E-state index in [1.165, 1.54) is 0 Å². The minimum absolute atomic E-state index is 0.0541. The van der Waals surface area contributed by atoms with Crippen LogP contribution in [-0.2, 0) is 9.59 Å². The van der Waals surface area contributed by atoms with E-state index in [0.717, 1.165) is 24.4 Å². The number of ether oxygens (including phenoxy) is 1. The minimum atomic E-state index is -0.0541. The molecule has 1 saturated heterocycles. The molecule has 0 aromatic heterocycles. The fraction of sp³-hybridized carbons (Fsp3) is 0.300. The van der Waals surface area contributed by atoms with E-state index >= 15 is 0 Å². The molecule has 0 aliphatic carbocycles. The maximum absolute atomic E-state index is 12.1. The molecule has 5 nitrogen and oxygen atoms in total. The van der Waals surface area contributed by atoms with E-state index in [1.54, 1.807) is 4.90 Å². The summed E-state index contributed by atoms with van der Waals surface area (Å²) in [6, 6.07) is 17.0. The summed E-state index contributed by atoms with van der Waals surface area (Å²) in [5.74, 6) is 0.897. The average Bonchev–Trinajstić information content (AvgIpc) is 3.06. The molecule has 2 amide bonds. The van der Waals surface area contributed by atoms with Gasteiger partial charge in [0.15, 0.2) is 0 Å². The Hall–Kier alpha value is -2.82. The monoisotopic (exact) mass is 338 g/mol. The third-order valence-corrected chi connectivity index (χ3v) is 4.08. The smallest absolute Gasteiger partial charge is 0.227 e. The molecule has 1 heterocycles. The average molecular weight is 338 g/mol. The predicted octanol–water partition coefficient (Wildman–Crippen LogP) is 3.61. The third-order valence-electron chi connectivity index (χ3n) is 4.08. The molecule has 0 spiro atoms. The predicted molar refractivity (Wildman–Crippen MR) is 97.8 cm³/mol. The molecule has 2 aromatic rings. The SMILES string of the molecule is O=C(CCCOc1ccccc1)Nc1cccc(N2CCCC2=O)c1. The molecule has 0 radical (unpaired) electrons. The highest BCUT2D eigenvalue weighted by Gasteiger charge is 2.21. The fourth-order valence-electron chi connectivity index (χ4n) is 2.84. The first kappa shape index (κ1) is 17.0. The van der Waals surface area contributed by atoms with Crippen LogP contribution < -0.4 is 15.0 Å². The van der Waals surface area contributed by atoms with Crippen LogP contribution in [0, 0.1) is 0 Å². The van der Waals surface area contributed by atoms with Gasteiger partial charge in [0, 0.05) is 30.8 Å². The van der Waals surface area contributed by atoms with E-state index in [1.807, 2.05) is 54.6 Å². The second-order valence-electron chi connectivity index (χ2n) is 6.01. The van der Waals surface area contributed by atoms with Crippen molar-refractivity contribution < 1.29 is 14.3 Å². The minimum Gasteiger partial charge on any atom is -0.494 e. The Bertz CT molecular complexity index is 731. The molecule has 1 fully saturated rings. The highest BCUT2D eigenvalue weighted by atomic mass is 16.5. The van der Waals surface area contributed by atoms with Crippen LogP contribution in [0.25, 0.3) is 0 Å². The summed E-state index contributed by atoms with van der Waals surface area (Å²) in [4.78, 5) is 25.7. The number of nitrogens with zero attached hydrogens (tertiary/aromatic N) is 1. The number of para-hydroxylation sites is 1. The van der Waals surface area contributed by atoms with Crippen molar-refractivity contribution in [2.45, 2.75) is 25.7 Å². The van der Waals surface area contributed by atoms with E-state index in [9.17, 15) is 9.59 Å². The lowest BCUT2D eigenvalue weighted by Gasteiger charge is -2.16. The molecule has 5 heteroatoms. The van der Waals surface area contributed by atoms with Crippen molar-refractivity contribution in [3.05, 3.63) is 54.6 Å². The van der Waals surface area contributed by atoms with Crippen molar-refractivity contribution >= 4 is 23.2 Å². The van der Waals surface area contributed by atoms with Gasteiger partial charge in [-0.2, -0.15) is 0 Å². The molecule has 3 rings (SSSR count). The number of hydrogen-bond acceptors (Lipinski definition) is 3. The van der Waals surface area contributed by atoms with Gasteiger partial charge in [-0.25, -0.2) is 0 Å². The molecule has 0 atom stereocenters. The van der Waals surface area contributed by atoms with Gasteiger partial charge in [-0.1, -0.05) is 24.3 Å². The number of nitrogens with one attached hydrogen (secondary N) is 1. The van der Waals surface area contributed by atoms with E-state index in [0.29, 0.717) is 31.6 Å². The Balaban J connectivity index is 1.45. The molecule has 1 aliphatic rings. The summed E-state index contributed by atoms with van der Waals surface area (Å²) in [7, 11) is 0. The second-order valence-corrected chi connectivity index (χ2v) is 6.01. The molecule has 130 valence electrons. The number of rotatable bonds is 7. The zero-order chi connectivity index (χ0) is 17.5. The number of carbonyl (C=O) groups excluding carboxylic acids is 2. The maximum atomic E-state index is 12.1. The van der Waals surface area contributed by atoms with Gasteiger partial charge in [-0.3, -0.25) is 9.59 Å². The van der Waals surface area contributed by atoms with Crippen LogP contribution >= 0.6 is 0 Å². The van der Waals surface area contributed by atoms with Crippen LogP contribution in [0.3, 0.4) is 0 Å². The summed E-state index contributed by atoms with van der Waals surface area (Å²) in [5.41, 5.74) is 1.55. The van der Waals surface area contributed by atoms with Gasteiger partial charge in [0.2, 0.25) is 11.8 Å². The second kappa shape index (κ2) is 8.33. The lowest BCUT2D eigenvalue weighted by atomic mass is 10.2. The molecule has 0 bridgehead atoms. The Morgan fingerprint density at radius 3 is 2.72 bits per heavy atom. The van der Waals surface area contributed by atoms with Gasteiger partial charge in [0.05, 0.1) is 6.61 Å². The lowest BCUT2D eigenvalue weighted by Crippen LogP contribution is -2.23. The van der Waals surface area contributed by atoms with Crippen molar-refractivity contribution in [1.29, 1.82) is 0 Å². The maximum Gasteiger partial charge on any atom is 0.227 e. The van der Waals surface area contributed by atoms with Gasteiger partial charge in [-0.05, 0) is 43.2 Å². The lowest BCUT2D eigenvalue weighted by molar-refractivity contribution is -0.117. The summed E-state index contributed by atoms with van der Waals surface area (Å²) in [5, 5.41) is 2.89. The number of anilines is 2. The summed E-state index contributed by atoms with van der Waals surface area (Å²) >= 11 is 0. The van der Waals surface area contributed by atoms with E-state index in [2.05, 4.69) is 5.32 Å². The van der Waals surface area contributed by atoms with Crippen LogP contribution in [0.1, 0.15) is 25.7 Å². The van der Waals surface area contributed by atoms with Crippen molar-refractivity contribution in [1.82, 2.24) is 0 Å². The van der Waals surface area contributed by atoms with Crippen molar-refractivity contribution in [2.24, 2.45) is 0 Å². The molecule has 0 saturated carbocycles. The van der Waals surface area contributed by atoms with Gasteiger partial charge in [0.1, 0.15) is 5.75 Å². The van der Waals surface area contributed by atoms with Crippen molar-refractivity contribution in [3.63, 3.8) is 0 Å². The van der Waals surface area contributed by atoms with E-state index in [4.69, 9.17) is 4.74 Å². The molecule has 1 N–H and O–H groups in total. The Morgan fingerprint density at radius 1 is 1.12 bits per heavy atom. The highest BCUT2D eigenvalue weighted by molar-refractivity contribution is 5.97. The van der Waals surface area contributed by atoms with Gasteiger partial charge in [-0.15, -0.1) is 0 Å². The number of amides is 2. The molecule has 2 aromatic carbocycles. The quantitative estimate of drug-likeness (QED) is 0.785. The van der Waals surface area contributed by atoms with Gasteiger partial charge >= 0.3 is 0 Å². The highest BCUT2D eigenvalue weighted by Crippen LogP contribution is 2.24. The van der Waals surface area contributed by atoms with Crippen LogP contribution in [-0.4, -0.2) is 25.0 Å². The summed E-state index contributed by atoms with van der Waals surface area (Å²) < 4.78 is 5.58. The zero-order valence-electron chi connectivity index (χ0n) is 14.1. The van der Waals surface area contributed by atoms with Gasteiger partial charge < -0.3 is 15.0 Å². The molecular formula is C20H22N2O3. The summed E-state index contributed by atoms with van der Waals surface area (Å²) in [6.45, 7) is 1.24. The molecule has 0 unspecified atom stereocenters. The largest absolute Gasteiger partial charge is 0.494 e. The molecule has 25 heavy (non-hydrogen) atoms. The summed E-state index contributed by atoms with van der Waals surface area (Å²) in [6.07, 6.45) is 2.51. The number of benzene rings is 2. The van der Waals surface area contributed by atoms with E-state index < -0.39 is 0 Å². The Kier molecular flexibility index (Phi) is 5.67. The normalized spacial score (nSPS) is 13.8. The third kappa shape index (κ3) is 4.83. The van der Waals surface area contributed by atoms with Crippen LogP contribution in [0.5, 0.6) is 5.75 Å². The van der Waals surface area contributed by atoms with Crippen molar-refractivity contribution in [2.75, 3.05) is 23.4 Å². The van der Waals surface area contributed by atoms with Crippen LogP contribution in [0.4, 0.5) is 11.4 Å². The Morgan fingerprint density at radius 2 is 1.96 bits per heavy atom. The number of carbonyl (C=O) groups is 2.